The molecule has 4 rings (SSSR count). The quantitative estimate of drug-likeness (QED) is 0.269. The van der Waals surface area contributed by atoms with Crippen LogP contribution in [0.1, 0.15) is 22.9 Å². The van der Waals surface area contributed by atoms with E-state index in [9.17, 15) is 19.1 Å². The third kappa shape index (κ3) is 3.78. The van der Waals surface area contributed by atoms with Crippen LogP contribution in [0.15, 0.2) is 77.3 Å². The number of anilines is 1. The van der Waals surface area contributed by atoms with E-state index in [1.54, 1.807) is 37.3 Å². The first-order valence-corrected chi connectivity index (χ1v) is 9.74. The van der Waals surface area contributed by atoms with E-state index >= 15 is 0 Å². The molecule has 0 radical (unpaired) electrons. The molecule has 0 bridgehead atoms. The topological polar surface area (TPSA) is 92.9 Å². The first kappa shape index (κ1) is 21.0. The minimum absolute atomic E-state index is 0.130. The fourth-order valence-corrected chi connectivity index (χ4v) is 3.54. The number of ketones is 1. The first-order chi connectivity index (χ1) is 15.4. The molecule has 2 heterocycles. The van der Waals surface area contributed by atoms with Gasteiger partial charge in [0.15, 0.2) is 5.82 Å². The summed E-state index contributed by atoms with van der Waals surface area (Å²) in [5.74, 6) is -1.62. The maximum Gasteiger partial charge on any atom is 0.301 e. The van der Waals surface area contributed by atoms with Crippen LogP contribution in [0.3, 0.4) is 0 Å². The molecule has 0 aliphatic carbocycles. The predicted octanol–water partition coefficient (Wildman–Crippen LogP) is 4.31. The molecule has 3 aromatic rings. The van der Waals surface area contributed by atoms with Crippen LogP contribution >= 0.6 is 0 Å². The molecule has 1 aliphatic rings. The largest absolute Gasteiger partial charge is 0.507 e. The lowest BCUT2D eigenvalue weighted by molar-refractivity contribution is -0.132. The van der Waals surface area contributed by atoms with Crippen molar-refractivity contribution in [3.05, 3.63) is 95.5 Å². The van der Waals surface area contributed by atoms with Crippen molar-refractivity contribution >= 4 is 23.3 Å². The van der Waals surface area contributed by atoms with Gasteiger partial charge in [-0.25, -0.2) is 4.39 Å². The molecule has 1 atom stereocenters. The average molecular weight is 434 g/mol. The standard InChI is InChI=1S/C24H19FN2O5/c1-3-11-31-18-6-4-5-16(13-18)21-20(22(28)15-7-9-17(25)10-8-15)23(29)24(30)27(21)19-12-14(2)32-26-19/h3-10,12-13,21,28H,1,11H2,2H3/b22-20+. The molecular formula is C24H19FN2O5. The van der Waals surface area contributed by atoms with Gasteiger partial charge < -0.3 is 14.4 Å². The number of carbonyl (C=O) groups is 2. The average Bonchev–Trinajstić information content (AvgIpc) is 3.33. The molecule has 1 saturated heterocycles. The van der Waals surface area contributed by atoms with Crippen molar-refractivity contribution in [3.63, 3.8) is 0 Å². The number of nitrogens with zero attached hydrogens (tertiary/aromatic N) is 2. The van der Waals surface area contributed by atoms with E-state index in [1.165, 1.54) is 23.1 Å². The zero-order chi connectivity index (χ0) is 22.8. The van der Waals surface area contributed by atoms with Crippen LogP contribution in [0.2, 0.25) is 0 Å². The highest BCUT2D eigenvalue weighted by molar-refractivity contribution is 6.51. The Balaban J connectivity index is 1.90. The molecule has 0 saturated carbocycles. The second kappa shape index (κ2) is 8.50. The van der Waals surface area contributed by atoms with Gasteiger partial charge in [0, 0.05) is 11.6 Å². The fraction of sp³-hybridized carbons (Fsp3) is 0.125. The summed E-state index contributed by atoms with van der Waals surface area (Å²) in [6, 6.07) is 12.3. The number of rotatable bonds is 6. The van der Waals surface area contributed by atoms with Crippen LogP contribution in [-0.4, -0.2) is 28.6 Å². The van der Waals surface area contributed by atoms with Crippen LogP contribution in [0.25, 0.3) is 5.76 Å². The summed E-state index contributed by atoms with van der Waals surface area (Å²) in [6.45, 7) is 5.54. The van der Waals surface area contributed by atoms with Crippen LogP contribution in [0, 0.1) is 12.7 Å². The van der Waals surface area contributed by atoms with Gasteiger partial charge in [0.2, 0.25) is 0 Å². The lowest BCUT2D eigenvalue weighted by Gasteiger charge is -2.23. The van der Waals surface area contributed by atoms with E-state index < -0.39 is 29.3 Å². The number of aliphatic hydroxyl groups is 1. The number of aromatic nitrogens is 1. The number of hydrogen-bond donors (Lipinski definition) is 1. The SMILES string of the molecule is C=CCOc1cccc(C2/C(=C(\O)c3ccc(F)cc3)C(=O)C(=O)N2c2cc(C)on2)c1. The Labute approximate surface area is 183 Å². The van der Waals surface area contributed by atoms with E-state index in [-0.39, 0.29) is 23.6 Å². The summed E-state index contributed by atoms with van der Waals surface area (Å²) < 4.78 is 24.1. The van der Waals surface area contributed by atoms with Crippen molar-refractivity contribution in [2.24, 2.45) is 0 Å². The maximum absolute atomic E-state index is 13.4. The second-order valence-corrected chi connectivity index (χ2v) is 7.14. The zero-order valence-corrected chi connectivity index (χ0v) is 17.1. The molecule has 1 unspecified atom stereocenters. The van der Waals surface area contributed by atoms with Gasteiger partial charge in [-0.05, 0) is 48.9 Å². The fourth-order valence-electron chi connectivity index (χ4n) is 3.54. The number of carbonyl (C=O) groups excluding carboxylic acids is 2. The third-order valence-corrected chi connectivity index (χ3v) is 4.97. The van der Waals surface area contributed by atoms with E-state index in [0.717, 1.165) is 12.1 Å². The van der Waals surface area contributed by atoms with Gasteiger partial charge in [-0.2, -0.15) is 0 Å². The van der Waals surface area contributed by atoms with Gasteiger partial charge in [-0.3, -0.25) is 14.5 Å². The number of benzene rings is 2. The monoisotopic (exact) mass is 434 g/mol. The Morgan fingerprint density at radius 3 is 2.66 bits per heavy atom. The Kier molecular flexibility index (Phi) is 5.59. The molecule has 1 aliphatic heterocycles. The Bertz CT molecular complexity index is 1230. The number of Topliss-reactive ketones (excluding diaryl/α,β-unsaturated/α-hetero) is 1. The number of amides is 1. The maximum atomic E-state index is 13.4. The molecule has 1 amide bonds. The van der Waals surface area contributed by atoms with Crippen LogP contribution in [-0.2, 0) is 9.59 Å². The van der Waals surface area contributed by atoms with Gasteiger partial charge in [-0.1, -0.05) is 29.9 Å². The number of ether oxygens (including phenoxy) is 1. The van der Waals surface area contributed by atoms with Crippen molar-refractivity contribution in [3.8, 4) is 5.75 Å². The Hall–Kier alpha value is -4.20. The highest BCUT2D eigenvalue weighted by Crippen LogP contribution is 2.42. The lowest BCUT2D eigenvalue weighted by atomic mass is 9.95. The van der Waals surface area contributed by atoms with Gasteiger partial charge >= 0.3 is 5.91 Å². The summed E-state index contributed by atoms with van der Waals surface area (Å²) >= 11 is 0. The molecule has 0 spiro atoms. The van der Waals surface area contributed by atoms with Gasteiger partial charge in [0.1, 0.15) is 29.7 Å². The summed E-state index contributed by atoms with van der Waals surface area (Å²) in [4.78, 5) is 27.2. The highest BCUT2D eigenvalue weighted by Gasteiger charge is 2.48. The molecular weight excluding hydrogens is 415 g/mol. The number of hydrogen-bond acceptors (Lipinski definition) is 6. The molecule has 1 aromatic heterocycles. The second-order valence-electron chi connectivity index (χ2n) is 7.14. The van der Waals surface area contributed by atoms with Gasteiger partial charge in [-0.15, -0.1) is 0 Å². The van der Waals surface area contributed by atoms with Gasteiger partial charge in [0.05, 0.1) is 11.6 Å². The molecule has 7 nitrogen and oxygen atoms in total. The van der Waals surface area contributed by atoms with Crippen molar-refractivity contribution in [2.75, 3.05) is 11.5 Å². The molecule has 2 aromatic carbocycles. The molecule has 8 heteroatoms. The summed E-state index contributed by atoms with van der Waals surface area (Å²) in [6.07, 6.45) is 1.59. The van der Waals surface area contributed by atoms with Crippen molar-refractivity contribution < 1.29 is 28.3 Å². The molecule has 1 N–H and O–H groups in total. The Morgan fingerprint density at radius 2 is 2.00 bits per heavy atom. The highest BCUT2D eigenvalue weighted by atomic mass is 19.1. The first-order valence-electron chi connectivity index (χ1n) is 9.74. The molecule has 32 heavy (non-hydrogen) atoms. The van der Waals surface area contributed by atoms with E-state index in [1.807, 2.05) is 0 Å². The minimum atomic E-state index is -1.00. The van der Waals surface area contributed by atoms with Gasteiger partial charge in [0.25, 0.3) is 5.78 Å². The normalized spacial score (nSPS) is 17.6. The van der Waals surface area contributed by atoms with E-state index in [0.29, 0.717) is 17.1 Å². The third-order valence-electron chi connectivity index (χ3n) is 4.97. The minimum Gasteiger partial charge on any atom is -0.507 e. The van der Waals surface area contributed by atoms with E-state index in [4.69, 9.17) is 9.26 Å². The van der Waals surface area contributed by atoms with Crippen LogP contribution < -0.4 is 9.64 Å². The predicted molar refractivity (Wildman–Crippen MR) is 115 cm³/mol. The summed E-state index contributed by atoms with van der Waals surface area (Å²) in [5.41, 5.74) is 0.558. The molecule has 1 fully saturated rings. The van der Waals surface area contributed by atoms with Crippen molar-refractivity contribution in [2.45, 2.75) is 13.0 Å². The van der Waals surface area contributed by atoms with Crippen LogP contribution in [0.5, 0.6) is 5.75 Å². The van der Waals surface area contributed by atoms with Crippen LogP contribution in [0.4, 0.5) is 10.2 Å². The summed E-state index contributed by atoms with van der Waals surface area (Å²) in [7, 11) is 0. The molecule has 162 valence electrons. The van der Waals surface area contributed by atoms with E-state index in [2.05, 4.69) is 11.7 Å². The zero-order valence-electron chi connectivity index (χ0n) is 17.1. The van der Waals surface area contributed by atoms with Crippen molar-refractivity contribution in [1.82, 2.24) is 5.16 Å². The van der Waals surface area contributed by atoms with Crippen molar-refractivity contribution in [1.29, 1.82) is 0 Å². The smallest absolute Gasteiger partial charge is 0.301 e. The summed E-state index contributed by atoms with van der Waals surface area (Å²) in [5, 5.41) is 14.9. The Morgan fingerprint density at radius 1 is 1.25 bits per heavy atom. The number of halogens is 1. The lowest BCUT2D eigenvalue weighted by Crippen LogP contribution is -2.29. The number of aliphatic hydroxyl groups excluding tert-OH is 1. The number of aryl methyl sites for hydroxylation is 1.